The predicted molar refractivity (Wildman–Crippen MR) is 112 cm³/mol. The van der Waals surface area contributed by atoms with Crippen LogP contribution in [-0.4, -0.2) is 27.1 Å². The van der Waals surface area contributed by atoms with Gasteiger partial charge in [0.05, 0.1) is 20.5 Å². The monoisotopic (exact) mass is 385 g/mol. The maximum atomic E-state index is 6.30. The van der Waals surface area contributed by atoms with E-state index in [0.29, 0.717) is 0 Å². The molecule has 0 radical (unpaired) electrons. The van der Waals surface area contributed by atoms with E-state index in [1.807, 2.05) is 6.26 Å². The van der Waals surface area contributed by atoms with Gasteiger partial charge in [0, 0.05) is 24.4 Å². The van der Waals surface area contributed by atoms with Crippen LogP contribution < -0.4 is 9.47 Å². The molecule has 0 spiro atoms. The summed E-state index contributed by atoms with van der Waals surface area (Å²) in [6, 6.07) is 8.48. The summed E-state index contributed by atoms with van der Waals surface area (Å²) in [5.41, 5.74) is 3.76. The SMILES string of the molecule is COc1cc2c(cc1OC)C(/C=C/O[Si](C)(C)C(C)(C)C)c1cccn1C2. The van der Waals surface area contributed by atoms with Crippen LogP contribution in [0.1, 0.15) is 43.5 Å². The third kappa shape index (κ3) is 3.65. The fourth-order valence-corrected chi connectivity index (χ4v) is 4.00. The summed E-state index contributed by atoms with van der Waals surface area (Å²) >= 11 is 0. The van der Waals surface area contributed by atoms with Crippen molar-refractivity contribution in [1.82, 2.24) is 4.57 Å². The van der Waals surface area contributed by atoms with Gasteiger partial charge >= 0.3 is 0 Å². The molecule has 1 aliphatic rings. The largest absolute Gasteiger partial charge is 0.549 e. The molecule has 0 bridgehead atoms. The first-order chi connectivity index (χ1) is 12.7. The smallest absolute Gasteiger partial charge is 0.249 e. The minimum atomic E-state index is -1.83. The van der Waals surface area contributed by atoms with Crippen LogP contribution >= 0.6 is 0 Å². The van der Waals surface area contributed by atoms with Gasteiger partial charge in [-0.15, -0.1) is 0 Å². The fourth-order valence-electron chi connectivity index (χ4n) is 3.23. The number of hydrogen-bond donors (Lipinski definition) is 0. The van der Waals surface area contributed by atoms with E-state index in [9.17, 15) is 0 Å². The molecule has 1 unspecified atom stereocenters. The van der Waals surface area contributed by atoms with Crippen LogP contribution in [0.2, 0.25) is 18.1 Å². The normalized spacial score (nSPS) is 16.8. The van der Waals surface area contributed by atoms with Gasteiger partial charge in [0.15, 0.2) is 11.5 Å². The number of ether oxygens (including phenoxy) is 2. The zero-order chi connectivity index (χ0) is 19.8. The molecule has 1 aliphatic heterocycles. The van der Waals surface area contributed by atoms with Gasteiger partial charge in [-0.05, 0) is 59.6 Å². The highest BCUT2D eigenvalue weighted by Gasteiger charge is 2.38. The van der Waals surface area contributed by atoms with E-state index in [-0.39, 0.29) is 11.0 Å². The summed E-state index contributed by atoms with van der Waals surface area (Å²) < 4.78 is 19.6. The van der Waals surface area contributed by atoms with Crippen LogP contribution in [0.15, 0.2) is 42.8 Å². The first-order valence-electron chi connectivity index (χ1n) is 9.42. The molecule has 2 heterocycles. The third-order valence-electron chi connectivity index (χ3n) is 5.94. The minimum Gasteiger partial charge on any atom is -0.549 e. The predicted octanol–water partition coefficient (Wildman–Crippen LogP) is 5.53. The highest BCUT2D eigenvalue weighted by atomic mass is 28.4. The highest BCUT2D eigenvalue weighted by molar-refractivity contribution is 6.74. The number of methoxy groups -OCH3 is 2. The van der Waals surface area contributed by atoms with E-state index >= 15 is 0 Å². The molecular formula is C22H31NO3Si. The second-order valence-electron chi connectivity index (χ2n) is 8.65. The van der Waals surface area contributed by atoms with Crippen molar-refractivity contribution in [3.63, 3.8) is 0 Å². The Hall–Kier alpha value is -2.14. The molecule has 0 saturated carbocycles. The van der Waals surface area contributed by atoms with Gasteiger partial charge in [-0.3, -0.25) is 0 Å². The van der Waals surface area contributed by atoms with E-state index in [0.717, 1.165) is 18.0 Å². The quantitative estimate of drug-likeness (QED) is 0.501. The lowest BCUT2D eigenvalue weighted by molar-refractivity contribution is 0.353. The highest BCUT2D eigenvalue weighted by Crippen LogP contribution is 2.41. The Balaban J connectivity index is 1.98. The summed E-state index contributed by atoms with van der Waals surface area (Å²) in [6.45, 7) is 12.1. The Morgan fingerprint density at radius 1 is 1.11 bits per heavy atom. The van der Waals surface area contributed by atoms with Crippen molar-refractivity contribution >= 4 is 8.32 Å². The molecule has 1 atom stereocenters. The summed E-state index contributed by atoms with van der Waals surface area (Å²) in [4.78, 5) is 0. The second kappa shape index (κ2) is 7.11. The lowest BCUT2D eigenvalue weighted by Gasteiger charge is -2.35. The average molecular weight is 386 g/mol. The van der Waals surface area contributed by atoms with Crippen molar-refractivity contribution in [1.29, 1.82) is 0 Å². The Bertz CT molecular complexity index is 846. The van der Waals surface area contributed by atoms with Gasteiger partial charge in [-0.25, -0.2) is 0 Å². The molecule has 0 amide bonds. The number of rotatable bonds is 5. The van der Waals surface area contributed by atoms with Crippen molar-refractivity contribution in [2.75, 3.05) is 14.2 Å². The Morgan fingerprint density at radius 2 is 1.78 bits per heavy atom. The topological polar surface area (TPSA) is 32.6 Å². The fraction of sp³-hybridized carbons (Fsp3) is 0.455. The number of fused-ring (bicyclic) bond motifs is 2. The van der Waals surface area contributed by atoms with Crippen LogP contribution in [0.5, 0.6) is 11.5 Å². The number of aromatic nitrogens is 1. The zero-order valence-electron chi connectivity index (χ0n) is 17.5. The van der Waals surface area contributed by atoms with Crippen molar-refractivity contribution in [2.24, 2.45) is 0 Å². The van der Waals surface area contributed by atoms with Crippen molar-refractivity contribution in [3.05, 3.63) is 59.6 Å². The molecule has 3 rings (SSSR count). The van der Waals surface area contributed by atoms with Crippen molar-refractivity contribution in [3.8, 4) is 11.5 Å². The lowest BCUT2D eigenvalue weighted by Crippen LogP contribution is -2.39. The van der Waals surface area contributed by atoms with Crippen LogP contribution in [0.4, 0.5) is 0 Å². The minimum absolute atomic E-state index is 0.133. The zero-order valence-corrected chi connectivity index (χ0v) is 18.5. The number of hydrogen-bond acceptors (Lipinski definition) is 3. The Kier molecular flexibility index (Phi) is 5.17. The van der Waals surface area contributed by atoms with Crippen molar-refractivity contribution in [2.45, 2.75) is 51.4 Å². The van der Waals surface area contributed by atoms with Crippen LogP contribution in [0.25, 0.3) is 0 Å². The van der Waals surface area contributed by atoms with Gasteiger partial charge in [0.1, 0.15) is 0 Å². The molecule has 2 aromatic rings. The first-order valence-corrected chi connectivity index (χ1v) is 12.3. The third-order valence-corrected chi connectivity index (χ3v) is 10.3. The molecule has 146 valence electrons. The molecule has 4 nitrogen and oxygen atoms in total. The molecule has 27 heavy (non-hydrogen) atoms. The average Bonchev–Trinajstić information content (AvgIpc) is 3.07. The number of nitrogens with zero attached hydrogens (tertiary/aromatic N) is 1. The first kappa shape index (κ1) is 19.6. The molecular weight excluding hydrogens is 354 g/mol. The van der Waals surface area contributed by atoms with Crippen molar-refractivity contribution < 1.29 is 13.9 Å². The molecule has 0 saturated heterocycles. The van der Waals surface area contributed by atoms with E-state index in [1.54, 1.807) is 14.2 Å². The van der Waals surface area contributed by atoms with E-state index in [4.69, 9.17) is 13.9 Å². The molecule has 5 heteroatoms. The molecule has 1 aromatic heterocycles. The van der Waals surface area contributed by atoms with Crippen LogP contribution in [-0.2, 0) is 11.0 Å². The summed E-state index contributed by atoms with van der Waals surface area (Å²) in [5, 5.41) is 0.179. The van der Waals surface area contributed by atoms with Crippen LogP contribution in [0.3, 0.4) is 0 Å². The lowest BCUT2D eigenvalue weighted by atomic mass is 9.88. The van der Waals surface area contributed by atoms with Gasteiger partial charge < -0.3 is 18.5 Å². The van der Waals surface area contributed by atoms with Gasteiger partial charge in [0.25, 0.3) is 0 Å². The number of allylic oxidation sites excluding steroid dienone is 1. The second-order valence-corrected chi connectivity index (χ2v) is 13.4. The van der Waals surface area contributed by atoms with E-state index < -0.39 is 8.32 Å². The summed E-state index contributed by atoms with van der Waals surface area (Å²) in [7, 11) is 1.53. The van der Waals surface area contributed by atoms with Gasteiger partial charge in [-0.1, -0.05) is 20.8 Å². The standard InChI is InChI=1S/C22H31NO3Si/c1-22(2,3)27(6,7)26-12-10-17-18-14-21(25-5)20(24-4)13-16(18)15-23-11-8-9-19(17)23/h8-14,17H,15H2,1-7H3/b12-10+. The summed E-state index contributed by atoms with van der Waals surface area (Å²) in [6.07, 6.45) is 6.23. The maximum Gasteiger partial charge on any atom is 0.249 e. The molecule has 1 aromatic carbocycles. The Labute approximate surface area is 163 Å². The maximum absolute atomic E-state index is 6.30. The van der Waals surface area contributed by atoms with Crippen LogP contribution in [0, 0.1) is 0 Å². The number of benzene rings is 1. The Morgan fingerprint density at radius 3 is 2.41 bits per heavy atom. The summed E-state index contributed by atoms with van der Waals surface area (Å²) in [5.74, 6) is 1.67. The molecule has 0 N–H and O–H groups in total. The molecule has 0 aliphatic carbocycles. The van der Waals surface area contributed by atoms with Gasteiger partial charge in [-0.2, -0.15) is 0 Å². The molecule has 0 fully saturated rings. The van der Waals surface area contributed by atoms with E-state index in [2.05, 4.69) is 75.0 Å². The van der Waals surface area contributed by atoms with Gasteiger partial charge in [0.2, 0.25) is 8.32 Å². The van der Waals surface area contributed by atoms with E-state index in [1.165, 1.54) is 16.8 Å².